The van der Waals surface area contributed by atoms with Gasteiger partial charge in [0, 0.05) is 12.1 Å². The Morgan fingerprint density at radius 1 is 1.21 bits per heavy atom. The van der Waals surface area contributed by atoms with Crippen LogP contribution in [0, 0.1) is 5.92 Å². The van der Waals surface area contributed by atoms with E-state index in [0.717, 1.165) is 42.1 Å². The maximum atomic E-state index is 5.95. The molecule has 2 aromatic rings. The monoisotopic (exact) mass is 327 g/mol. The number of guanidine groups is 1. The summed E-state index contributed by atoms with van der Waals surface area (Å²) < 4.78 is 11.3. The summed E-state index contributed by atoms with van der Waals surface area (Å²) in [6.07, 6.45) is 4.26. The van der Waals surface area contributed by atoms with E-state index in [1.165, 1.54) is 12.8 Å². The zero-order valence-corrected chi connectivity index (χ0v) is 14.1. The Kier molecular flexibility index (Phi) is 5.77. The number of nitrogens with one attached hydrogen (secondary N) is 2. The number of ether oxygens (including phenoxy) is 1. The van der Waals surface area contributed by atoms with Gasteiger partial charge in [0.15, 0.2) is 5.96 Å². The van der Waals surface area contributed by atoms with Crippen LogP contribution in [-0.4, -0.2) is 19.1 Å². The van der Waals surface area contributed by atoms with Gasteiger partial charge < -0.3 is 19.8 Å². The van der Waals surface area contributed by atoms with Gasteiger partial charge in [-0.2, -0.15) is 0 Å². The molecule has 5 heteroatoms. The van der Waals surface area contributed by atoms with Crippen molar-refractivity contribution in [2.75, 3.05) is 13.2 Å². The fourth-order valence-corrected chi connectivity index (χ4v) is 2.36. The first-order chi connectivity index (χ1) is 11.8. The van der Waals surface area contributed by atoms with E-state index in [0.29, 0.717) is 13.1 Å². The van der Waals surface area contributed by atoms with E-state index in [-0.39, 0.29) is 0 Å². The van der Waals surface area contributed by atoms with Crippen LogP contribution in [0.15, 0.2) is 52.1 Å². The molecule has 0 bridgehead atoms. The Hall–Kier alpha value is -2.43. The summed E-state index contributed by atoms with van der Waals surface area (Å²) in [5, 5.41) is 6.53. The van der Waals surface area contributed by atoms with Gasteiger partial charge in [0.1, 0.15) is 11.5 Å². The van der Waals surface area contributed by atoms with Crippen LogP contribution >= 0.6 is 0 Å². The van der Waals surface area contributed by atoms with Crippen LogP contribution in [0.4, 0.5) is 0 Å². The minimum Gasteiger partial charge on any atom is -0.493 e. The molecule has 1 fully saturated rings. The summed E-state index contributed by atoms with van der Waals surface area (Å²) in [6.45, 7) is 4.87. The number of para-hydroxylation sites is 1. The van der Waals surface area contributed by atoms with Crippen LogP contribution in [0.1, 0.15) is 31.1 Å². The molecule has 0 unspecified atom stereocenters. The summed E-state index contributed by atoms with van der Waals surface area (Å²) in [5.74, 6) is 3.34. The Balaban J connectivity index is 1.60. The fourth-order valence-electron chi connectivity index (χ4n) is 2.36. The standard InChI is InChI=1S/C19H25N3O2/c1-2-20-19(22-13-17-7-5-11-23-17)21-12-16-6-3-4-8-18(16)24-14-15-9-10-15/h3-8,11,15H,2,9-10,12-14H2,1H3,(H2,20,21,22). The zero-order valence-electron chi connectivity index (χ0n) is 14.1. The lowest BCUT2D eigenvalue weighted by molar-refractivity contribution is 0.297. The topological polar surface area (TPSA) is 58.8 Å². The van der Waals surface area contributed by atoms with Crippen molar-refractivity contribution >= 4 is 5.96 Å². The van der Waals surface area contributed by atoms with E-state index in [9.17, 15) is 0 Å². The van der Waals surface area contributed by atoms with Crippen molar-refractivity contribution in [3.8, 4) is 5.75 Å². The summed E-state index contributed by atoms with van der Waals surface area (Å²) in [6, 6.07) is 12.0. The molecule has 128 valence electrons. The summed E-state index contributed by atoms with van der Waals surface area (Å²) in [4.78, 5) is 4.66. The molecule has 24 heavy (non-hydrogen) atoms. The van der Waals surface area contributed by atoms with Crippen molar-refractivity contribution in [1.29, 1.82) is 0 Å². The van der Waals surface area contributed by atoms with Gasteiger partial charge in [-0.05, 0) is 43.9 Å². The third-order valence-corrected chi connectivity index (χ3v) is 3.91. The number of nitrogens with zero attached hydrogens (tertiary/aromatic N) is 1. The predicted molar refractivity (Wildman–Crippen MR) is 95.0 cm³/mol. The fraction of sp³-hybridized carbons (Fsp3) is 0.421. The van der Waals surface area contributed by atoms with E-state index in [2.05, 4.69) is 28.6 Å². The Bertz CT molecular complexity index is 648. The summed E-state index contributed by atoms with van der Waals surface area (Å²) in [5.41, 5.74) is 1.10. The van der Waals surface area contributed by atoms with Crippen LogP contribution in [0.5, 0.6) is 5.75 Å². The van der Waals surface area contributed by atoms with Crippen LogP contribution in [0.25, 0.3) is 0 Å². The Morgan fingerprint density at radius 2 is 2.08 bits per heavy atom. The molecule has 5 nitrogen and oxygen atoms in total. The molecular weight excluding hydrogens is 302 g/mol. The molecule has 3 rings (SSSR count). The molecule has 2 N–H and O–H groups in total. The third kappa shape index (κ3) is 5.05. The van der Waals surface area contributed by atoms with Crippen molar-refractivity contribution in [2.24, 2.45) is 10.9 Å². The number of benzene rings is 1. The molecule has 1 aromatic carbocycles. The second-order valence-electron chi connectivity index (χ2n) is 5.99. The molecule has 1 aliphatic rings. The van der Waals surface area contributed by atoms with Gasteiger partial charge in [-0.3, -0.25) is 0 Å². The van der Waals surface area contributed by atoms with Gasteiger partial charge in [0.05, 0.1) is 26.0 Å². The Morgan fingerprint density at radius 3 is 2.83 bits per heavy atom. The molecule has 0 amide bonds. The number of furan rings is 1. The van der Waals surface area contributed by atoms with Crippen LogP contribution in [-0.2, 0) is 13.1 Å². The smallest absolute Gasteiger partial charge is 0.191 e. The van der Waals surface area contributed by atoms with E-state index in [4.69, 9.17) is 9.15 Å². The quantitative estimate of drug-likeness (QED) is 0.577. The van der Waals surface area contributed by atoms with Crippen molar-refractivity contribution < 1.29 is 9.15 Å². The molecule has 1 heterocycles. The maximum Gasteiger partial charge on any atom is 0.191 e. The minimum atomic E-state index is 0.578. The van der Waals surface area contributed by atoms with Crippen molar-refractivity contribution in [3.05, 3.63) is 54.0 Å². The molecule has 0 radical (unpaired) electrons. The number of aliphatic imine (C=N–C) groups is 1. The molecule has 1 aromatic heterocycles. The van der Waals surface area contributed by atoms with Gasteiger partial charge in [-0.15, -0.1) is 0 Å². The molecule has 0 spiro atoms. The first kappa shape index (κ1) is 16.4. The van der Waals surface area contributed by atoms with Gasteiger partial charge >= 0.3 is 0 Å². The highest BCUT2D eigenvalue weighted by Gasteiger charge is 2.22. The average molecular weight is 327 g/mol. The molecule has 0 atom stereocenters. The lowest BCUT2D eigenvalue weighted by atomic mass is 10.2. The largest absolute Gasteiger partial charge is 0.493 e. The second kappa shape index (κ2) is 8.43. The number of hydrogen-bond donors (Lipinski definition) is 2. The molecule has 1 aliphatic carbocycles. The highest BCUT2D eigenvalue weighted by atomic mass is 16.5. The van der Waals surface area contributed by atoms with Crippen LogP contribution in [0.2, 0.25) is 0 Å². The third-order valence-electron chi connectivity index (χ3n) is 3.91. The molecule has 0 saturated heterocycles. The minimum absolute atomic E-state index is 0.578. The lowest BCUT2D eigenvalue weighted by Crippen LogP contribution is -2.36. The van der Waals surface area contributed by atoms with Gasteiger partial charge in [-0.1, -0.05) is 18.2 Å². The highest BCUT2D eigenvalue weighted by molar-refractivity contribution is 5.79. The van der Waals surface area contributed by atoms with E-state index in [1.807, 2.05) is 30.3 Å². The number of rotatable bonds is 8. The normalized spacial score (nSPS) is 14.5. The van der Waals surface area contributed by atoms with Crippen LogP contribution < -0.4 is 15.4 Å². The lowest BCUT2D eigenvalue weighted by Gasteiger charge is -2.12. The van der Waals surface area contributed by atoms with E-state index in [1.54, 1.807) is 6.26 Å². The summed E-state index contributed by atoms with van der Waals surface area (Å²) >= 11 is 0. The van der Waals surface area contributed by atoms with Gasteiger partial charge in [-0.25, -0.2) is 4.99 Å². The zero-order chi connectivity index (χ0) is 16.6. The molecule has 1 saturated carbocycles. The Labute approximate surface area is 143 Å². The maximum absolute atomic E-state index is 5.95. The van der Waals surface area contributed by atoms with Crippen molar-refractivity contribution in [1.82, 2.24) is 10.6 Å². The van der Waals surface area contributed by atoms with E-state index >= 15 is 0 Å². The molecule has 0 aliphatic heterocycles. The highest BCUT2D eigenvalue weighted by Crippen LogP contribution is 2.30. The second-order valence-corrected chi connectivity index (χ2v) is 5.99. The first-order valence-corrected chi connectivity index (χ1v) is 8.60. The van der Waals surface area contributed by atoms with E-state index < -0.39 is 0 Å². The van der Waals surface area contributed by atoms with Gasteiger partial charge in [0.2, 0.25) is 0 Å². The van der Waals surface area contributed by atoms with Crippen molar-refractivity contribution in [2.45, 2.75) is 32.9 Å². The SMILES string of the molecule is CCNC(=NCc1ccccc1OCC1CC1)NCc1ccco1. The average Bonchev–Trinajstić information content (AvgIpc) is 3.29. The van der Waals surface area contributed by atoms with Crippen LogP contribution in [0.3, 0.4) is 0 Å². The van der Waals surface area contributed by atoms with Gasteiger partial charge in [0.25, 0.3) is 0 Å². The number of hydrogen-bond acceptors (Lipinski definition) is 3. The first-order valence-electron chi connectivity index (χ1n) is 8.60. The summed E-state index contributed by atoms with van der Waals surface area (Å²) in [7, 11) is 0. The van der Waals surface area contributed by atoms with Crippen molar-refractivity contribution in [3.63, 3.8) is 0 Å². The predicted octanol–water partition coefficient (Wildman–Crippen LogP) is 3.32. The molecular formula is C19H25N3O2.